The van der Waals surface area contributed by atoms with E-state index in [1.807, 2.05) is 12.1 Å². The van der Waals surface area contributed by atoms with Gasteiger partial charge in [0.1, 0.15) is 6.04 Å². The third kappa shape index (κ3) is 2.82. The maximum atomic E-state index is 12.9. The summed E-state index contributed by atoms with van der Waals surface area (Å²) < 4.78 is 0. The largest absolute Gasteiger partial charge is 0.322 e. The van der Waals surface area contributed by atoms with E-state index in [-0.39, 0.29) is 24.1 Å². The van der Waals surface area contributed by atoms with Gasteiger partial charge in [-0.2, -0.15) is 0 Å². The van der Waals surface area contributed by atoms with E-state index >= 15 is 0 Å². The first-order valence-corrected chi connectivity index (χ1v) is 10.1. The van der Waals surface area contributed by atoms with Crippen molar-refractivity contribution in [3.05, 3.63) is 34.9 Å². The van der Waals surface area contributed by atoms with E-state index in [0.29, 0.717) is 29.9 Å². The van der Waals surface area contributed by atoms with Crippen molar-refractivity contribution in [3.8, 4) is 11.8 Å². The summed E-state index contributed by atoms with van der Waals surface area (Å²) in [6, 6.07) is 5.05. The molecular weight excluding hydrogens is 354 g/mol. The molecule has 1 aromatic carbocycles. The van der Waals surface area contributed by atoms with Gasteiger partial charge in [0.2, 0.25) is 11.8 Å². The number of fused-ring (bicyclic) bond motifs is 1. The average molecular weight is 377 g/mol. The summed E-state index contributed by atoms with van der Waals surface area (Å²) in [5.74, 6) is 6.45. The smallest absolute Gasteiger partial charge is 0.255 e. The summed E-state index contributed by atoms with van der Waals surface area (Å²) in [4.78, 5) is 38.1. The van der Waals surface area contributed by atoms with Crippen molar-refractivity contribution in [2.75, 3.05) is 13.1 Å². The molecule has 2 saturated heterocycles. The standard InChI is InChI=1S/C22H23N3O3/c26-19-7-6-18(20(27)24-19)25-13-17-14(2-1-3-16(17)21(25)28)4-5-15-12-22(15)8-10-23-11-9-22/h1-3,15,18,23H,6-13H2,(H,24,26,27)/t15-,18?/m0/s1. The Morgan fingerprint density at radius 3 is 2.75 bits per heavy atom. The number of hydrogen-bond acceptors (Lipinski definition) is 4. The molecular formula is C22H23N3O3. The fourth-order valence-electron chi connectivity index (χ4n) is 4.90. The highest BCUT2D eigenvalue weighted by Gasteiger charge is 2.53. The zero-order valence-corrected chi connectivity index (χ0v) is 15.7. The highest BCUT2D eigenvalue weighted by atomic mass is 16.2. The molecule has 1 aliphatic carbocycles. The minimum Gasteiger partial charge on any atom is -0.322 e. The predicted molar refractivity (Wildman–Crippen MR) is 102 cm³/mol. The van der Waals surface area contributed by atoms with Gasteiger partial charge < -0.3 is 10.2 Å². The summed E-state index contributed by atoms with van der Waals surface area (Å²) in [7, 11) is 0. The number of amides is 3. The van der Waals surface area contributed by atoms with Gasteiger partial charge in [-0.05, 0) is 61.9 Å². The van der Waals surface area contributed by atoms with Crippen LogP contribution in [0.1, 0.15) is 53.6 Å². The Hall–Kier alpha value is -2.65. The highest BCUT2D eigenvalue weighted by Crippen LogP contribution is 2.58. The van der Waals surface area contributed by atoms with E-state index in [9.17, 15) is 14.4 Å². The van der Waals surface area contributed by atoms with Gasteiger partial charge in [-0.15, -0.1) is 0 Å². The fraction of sp³-hybridized carbons (Fsp3) is 0.500. The molecule has 0 radical (unpaired) electrons. The molecule has 3 fully saturated rings. The van der Waals surface area contributed by atoms with E-state index in [1.54, 1.807) is 11.0 Å². The number of hydrogen-bond donors (Lipinski definition) is 2. The lowest BCUT2D eigenvalue weighted by Gasteiger charge is -2.29. The van der Waals surface area contributed by atoms with Crippen molar-refractivity contribution in [3.63, 3.8) is 0 Å². The minimum atomic E-state index is -0.583. The maximum Gasteiger partial charge on any atom is 0.255 e. The monoisotopic (exact) mass is 377 g/mol. The molecule has 144 valence electrons. The summed E-state index contributed by atoms with van der Waals surface area (Å²) in [5.41, 5.74) is 2.83. The van der Waals surface area contributed by atoms with Gasteiger partial charge in [0.05, 0.1) is 0 Å². The molecule has 6 nitrogen and oxygen atoms in total. The van der Waals surface area contributed by atoms with Gasteiger partial charge in [-0.1, -0.05) is 17.9 Å². The number of benzene rings is 1. The summed E-state index contributed by atoms with van der Waals surface area (Å²) in [6.45, 7) is 2.54. The number of nitrogens with one attached hydrogen (secondary N) is 2. The summed E-state index contributed by atoms with van der Waals surface area (Å²) >= 11 is 0. The van der Waals surface area contributed by atoms with Crippen LogP contribution in [0.5, 0.6) is 0 Å². The minimum absolute atomic E-state index is 0.144. The summed E-state index contributed by atoms with van der Waals surface area (Å²) in [5, 5.41) is 5.76. The van der Waals surface area contributed by atoms with Crippen LogP contribution in [0.3, 0.4) is 0 Å². The third-order valence-corrected chi connectivity index (χ3v) is 6.75. The molecule has 1 saturated carbocycles. The number of imide groups is 1. The molecule has 3 heterocycles. The summed E-state index contributed by atoms with van der Waals surface area (Å²) in [6.07, 6.45) is 4.21. The van der Waals surface area contributed by atoms with Gasteiger partial charge in [-0.3, -0.25) is 19.7 Å². The van der Waals surface area contributed by atoms with Crippen LogP contribution in [0.15, 0.2) is 18.2 Å². The second-order valence-corrected chi connectivity index (χ2v) is 8.37. The van der Waals surface area contributed by atoms with Crippen LogP contribution in [-0.2, 0) is 16.1 Å². The van der Waals surface area contributed by atoms with Gasteiger partial charge in [0.25, 0.3) is 5.91 Å². The molecule has 6 heteroatoms. The van der Waals surface area contributed by atoms with Crippen LogP contribution in [0.25, 0.3) is 0 Å². The Labute approximate surface area is 164 Å². The van der Waals surface area contributed by atoms with Crippen molar-refractivity contribution in [1.82, 2.24) is 15.5 Å². The lowest BCUT2D eigenvalue weighted by atomic mass is 9.92. The topological polar surface area (TPSA) is 78.5 Å². The van der Waals surface area contributed by atoms with Gasteiger partial charge in [0.15, 0.2) is 0 Å². The van der Waals surface area contributed by atoms with E-state index in [4.69, 9.17) is 0 Å². The van der Waals surface area contributed by atoms with Crippen molar-refractivity contribution in [1.29, 1.82) is 0 Å². The quantitative estimate of drug-likeness (QED) is 0.569. The Balaban J connectivity index is 1.37. The van der Waals surface area contributed by atoms with Crippen LogP contribution in [0.4, 0.5) is 0 Å². The van der Waals surface area contributed by atoms with Crippen molar-refractivity contribution >= 4 is 17.7 Å². The Bertz CT molecular complexity index is 936. The van der Waals surface area contributed by atoms with E-state index in [1.165, 1.54) is 19.3 Å². The first-order chi connectivity index (χ1) is 13.6. The number of nitrogens with zero attached hydrogens (tertiary/aromatic N) is 1. The van der Waals surface area contributed by atoms with Crippen molar-refractivity contribution in [2.24, 2.45) is 11.3 Å². The Morgan fingerprint density at radius 1 is 1.14 bits per heavy atom. The molecule has 28 heavy (non-hydrogen) atoms. The first-order valence-electron chi connectivity index (χ1n) is 10.1. The number of carbonyl (C=O) groups excluding carboxylic acids is 3. The molecule has 4 aliphatic rings. The third-order valence-electron chi connectivity index (χ3n) is 6.75. The van der Waals surface area contributed by atoms with Crippen LogP contribution in [0.2, 0.25) is 0 Å². The molecule has 3 amide bonds. The van der Waals surface area contributed by atoms with E-state index in [2.05, 4.69) is 22.5 Å². The highest BCUT2D eigenvalue weighted by molar-refractivity contribution is 6.05. The molecule has 5 rings (SSSR count). The maximum absolute atomic E-state index is 12.9. The van der Waals surface area contributed by atoms with Gasteiger partial charge >= 0.3 is 0 Å². The fourth-order valence-corrected chi connectivity index (χ4v) is 4.90. The Morgan fingerprint density at radius 2 is 1.96 bits per heavy atom. The van der Waals surface area contributed by atoms with Gasteiger partial charge in [-0.25, -0.2) is 0 Å². The Kier molecular flexibility index (Phi) is 4.02. The zero-order chi connectivity index (χ0) is 19.3. The molecule has 2 N–H and O–H groups in total. The first kappa shape index (κ1) is 17.4. The molecule has 1 aromatic rings. The molecule has 0 aromatic heterocycles. The lowest BCUT2D eigenvalue weighted by Crippen LogP contribution is -2.52. The molecule has 1 unspecified atom stereocenters. The SMILES string of the molecule is O=C1CCC(N2Cc3c(C#C[C@H]4CC45CCNCC5)cccc3C2=O)C(=O)N1. The van der Waals surface area contributed by atoms with E-state index < -0.39 is 6.04 Å². The number of carbonyl (C=O) groups is 3. The van der Waals surface area contributed by atoms with Crippen molar-refractivity contribution < 1.29 is 14.4 Å². The predicted octanol–water partition coefficient (Wildman–Crippen LogP) is 1.19. The van der Waals surface area contributed by atoms with Crippen LogP contribution in [-0.4, -0.2) is 41.8 Å². The normalized spacial score (nSPS) is 27.9. The van der Waals surface area contributed by atoms with Crippen LogP contribution >= 0.6 is 0 Å². The molecule has 0 bridgehead atoms. The average Bonchev–Trinajstić information content (AvgIpc) is 3.24. The number of rotatable bonds is 1. The van der Waals surface area contributed by atoms with E-state index in [0.717, 1.165) is 24.2 Å². The van der Waals surface area contributed by atoms with Crippen molar-refractivity contribution in [2.45, 2.75) is 44.7 Å². The molecule has 2 atom stereocenters. The van der Waals surface area contributed by atoms with Crippen LogP contribution < -0.4 is 10.6 Å². The lowest BCUT2D eigenvalue weighted by molar-refractivity contribution is -0.136. The zero-order valence-electron chi connectivity index (χ0n) is 15.7. The second kappa shape index (κ2) is 6.46. The van der Waals surface area contributed by atoms with Gasteiger partial charge in [0, 0.05) is 30.0 Å². The second-order valence-electron chi connectivity index (χ2n) is 8.37. The molecule has 3 aliphatic heterocycles. The number of piperidine rings is 2. The van der Waals surface area contributed by atoms with Crippen LogP contribution in [0, 0.1) is 23.2 Å². The molecule has 1 spiro atoms.